The van der Waals surface area contributed by atoms with Gasteiger partial charge in [0.15, 0.2) is 0 Å². The minimum absolute atomic E-state index is 0.243. The molecule has 0 saturated heterocycles. The lowest BCUT2D eigenvalue weighted by atomic mass is 9.99. The third-order valence-corrected chi connectivity index (χ3v) is 3.83. The number of benzene rings is 1. The molecule has 0 atom stereocenters. The first-order valence-corrected chi connectivity index (χ1v) is 6.15. The molecule has 18 heavy (non-hydrogen) atoms. The first-order chi connectivity index (χ1) is 8.60. The average Bonchev–Trinajstić information content (AvgIpc) is 2.85. The third kappa shape index (κ3) is 1.86. The van der Waals surface area contributed by atoms with E-state index in [1.165, 1.54) is 25.6 Å². The van der Waals surface area contributed by atoms with Crippen molar-refractivity contribution >= 4 is 33.4 Å². The predicted molar refractivity (Wildman–Crippen MR) is 69.2 cm³/mol. The highest BCUT2D eigenvalue weighted by atomic mass is 32.1. The maximum Gasteiger partial charge on any atom is 0.339 e. The fourth-order valence-corrected chi connectivity index (χ4v) is 2.81. The van der Waals surface area contributed by atoms with Crippen LogP contribution >= 0.6 is 11.3 Å². The van der Waals surface area contributed by atoms with Crippen molar-refractivity contribution in [2.24, 2.45) is 0 Å². The molecule has 1 aromatic heterocycles. The highest BCUT2D eigenvalue weighted by molar-refractivity contribution is 7.17. The van der Waals surface area contributed by atoms with Gasteiger partial charge in [-0.2, -0.15) is 0 Å². The van der Waals surface area contributed by atoms with Gasteiger partial charge in [-0.25, -0.2) is 9.59 Å². The van der Waals surface area contributed by atoms with E-state index >= 15 is 0 Å². The van der Waals surface area contributed by atoms with Gasteiger partial charge < -0.3 is 9.47 Å². The number of rotatable bonds is 2. The summed E-state index contributed by atoms with van der Waals surface area (Å²) in [5.41, 5.74) is 1.27. The lowest BCUT2D eigenvalue weighted by Crippen LogP contribution is -2.13. The van der Waals surface area contributed by atoms with Crippen molar-refractivity contribution < 1.29 is 19.1 Å². The van der Waals surface area contributed by atoms with E-state index in [1.807, 2.05) is 11.4 Å². The molecule has 0 N–H and O–H groups in total. The Morgan fingerprint density at radius 3 is 2.44 bits per heavy atom. The molecule has 94 valence electrons. The Balaban J connectivity index is 2.80. The lowest BCUT2D eigenvalue weighted by Gasteiger charge is -2.10. The summed E-state index contributed by atoms with van der Waals surface area (Å²) in [5, 5.41) is 2.84. The summed E-state index contributed by atoms with van der Waals surface area (Å²) in [6, 6.07) is 3.57. The molecule has 1 aromatic carbocycles. The average molecular weight is 264 g/mol. The van der Waals surface area contributed by atoms with Crippen LogP contribution in [0.15, 0.2) is 17.5 Å². The van der Waals surface area contributed by atoms with Gasteiger partial charge in [0.2, 0.25) is 0 Å². The number of hydrogen-bond acceptors (Lipinski definition) is 5. The van der Waals surface area contributed by atoms with Gasteiger partial charge in [0.05, 0.1) is 25.3 Å². The van der Waals surface area contributed by atoms with Crippen LogP contribution in [-0.4, -0.2) is 26.2 Å². The number of carbonyl (C=O) groups excluding carboxylic acids is 2. The highest BCUT2D eigenvalue weighted by Gasteiger charge is 2.23. The number of fused-ring (bicyclic) bond motifs is 1. The molecule has 0 aliphatic rings. The van der Waals surface area contributed by atoms with Crippen LogP contribution in [0.2, 0.25) is 0 Å². The Bertz CT molecular complexity index is 627. The van der Waals surface area contributed by atoms with E-state index in [0.717, 1.165) is 15.6 Å². The third-order valence-electron chi connectivity index (χ3n) is 2.78. The van der Waals surface area contributed by atoms with Crippen LogP contribution in [0, 0.1) is 6.92 Å². The normalized spacial score (nSPS) is 10.4. The summed E-state index contributed by atoms with van der Waals surface area (Å²) >= 11 is 1.52. The van der Waals surface area contributed by atoms with Crippen molar-refractivity contribution in [1.29, 1.82) is 0 Å². The van der Waals surface area contributed by atoms with E-state index in [9.17, 15) is 9.59 Å². The van der Waals surface area contributed by atoms with Crippen molar-refractivity contribution in [2.45, 2.75) is 6.92 Å². The Labute approximate surface area is 108 Å². The van der Waals surface area contributed by atoms with Crippen molar-refractivity contribution in [3.63, 3.8) is 0 Å². The summed E-state index contributed by atoms with van der Waals surface area (Å²) in [5.74, 6) is -1.06. The molecule has 0 aliphatic carbocycles. The van der Waals surface area contributed by atoms with Crippen LogP contribution in [0.3, 0.4) is 0 Å². The summed E-state index contributed by atoms with van der Waals surface area (Å²) in [6.45, 7) is 1.80. The Morgan fingerprint density at radius 2 is 1.83 bits per heavy atom. The topological polar surface area (TPSA) is 52.6 Å². The smallest absolute Gasteiger partial charge is 0.339 e. The van der Waals surface area contributed by atoms with E-state index < -0.39 is 11.9 Å². The number of aryl methyl sites for hydroxylation is 1. The van der Waals surface area contributed by atoms with Crippen molar-refractivity contribution in [2.75, 3.05) is 14.2 Å². The Kier molecular flexibility index (Phi) is 3.34. The minimum Gasteiger partial charge on any atom is -0.465 e. The molecule has 5 heteroatoms. The Hall–Kier alpha value is -1.88. The van der Waals surface area contributed by atoms with Gasteiger partial charge >= 0.3 is 11.9 Å². The largest absolute Gasteiger partial charge is 0.465 e. The fraction of sp³-hybridized carbons (Fsp3) is 0.231. The molecule has 0 aliphatic heterocycles. The summed E-state index contributed by atoms with van der Waals surface area (Å²) in [7, 11) is 2.58. The second-order valence-corrected chi connectivity index (χ2v) is 4.66. The van der Waals surface area contributed by atoms with Crippen LogP contribution in [0.25, 0.3) is 10.1 Å². The second kappa shape index (κ2) is 4.78. The van der Waals surface area contributed by atoms with Crippen molar-refractivity contribution in [3.05, 3.63) is 34.2 Å². The monoisotopic (exact) mass is 264 g/mol. The first kappa shape index (κ1) is 12.6. The van der Waals surface area contributed by atoms with Crippen LogP contribution in [0.5, 0.6) is 0 Å². The second-order valence-electron chi connectivity index (χ2n) is 3.75. The summed E-state index contributed by atoms with van der Waals surface area (Å²) in [6.07, 6.45) is 0. The van der Waals surface area contributed by atoms with Gasteiger partial charge in [-0.05, 0) is 35.4 Å². The van der Waals surface area contributed by atoms with Gasteiger partial charge in [-0.1, -0.05) is 0 Å². The van der Waals surface area contributed by atoms with Gasteiger partial charge in [0, 0.05) is 4.70 Å². The number of esters is 2. The van der Waals surface area contributed by atoms with E-state index in [1.54, 1.807) is 13.0 Å². The number of thiophene rings is 1. The Morgan fingerprint density at radius 1 is 1.17 bits per heavy atom. The minimum atomic E-state index is -0.536. The highest BCUT2D eigenvalue weighted by Crippen LogP contribution is 2.30. The van der Waals surface area contributed by atoms with E-state index in [0.29, 0.717) is 0 Å². The first-order valence-electron chi connectivity index (χ1n) is 5.27. The van der Waals surface area contributed by atoms with Crippen LogP contribution < -0.4 is 0 Å². The molecule has 1 heterocycles. The predicted octanol–water partition coefficient (Wildman–Crippen LogP) is 2.78. The maximum atomic E-state index is 11.8. The van der Waals surface area contributed by atoms with E-state index in [-0.39, 0.29) is 11.1 Å². The number of ether oxygens (including phenoxy) is 2. The van der Waals surface area contributed by atoms with Crippen molar-refractivity contribution in [1.82, 2.24) is 0 Å². The molecule has 0 fully saturated rings. The van der Waals surface area contributed by atoms with Gasteiger partial charge in [-0.15, -0.1) is 11.3 Å². The number of hydrogen-bond donors (Lipinski definition) is 0. The van der Waals surface area contributed by atoms with Gasteiger partial charge in [0.25, 0.3) is 0 Å². The molecular formula is C13H12O4S. The summed E-state index contributed by atoms with van der Waals surface area (Å²) < 4.78 is 10.4. The quantitative estimate of drug-likeness (QED) is 0.783. The zero-order chi connectivity index (χ0) is 13.3. The standard InChI is InChI=1S/C13H12O4S/c1-7-10(13(15)17-3)9(12(14)16-2)6-8-4-5-18-11(7)8/h4-6H,1-3H3. The SMILES string of the molecule is COC(=O)c1cc2ccsc2c(C)c1C(=O)OC. The van der Waals surface area contributed by atoms with E-state index in [2.05, 4.69) is 0 Å². The number of methoxy groups -OCH3 is 2. The molecule has 0 saturated carbocycles. The van der Waals surface area contributed by atoms with E-state index in [4.69, 9.17) is 9.47 Å². The molecule has 0 spiro atoms. The maximum absolute atomic E-state index is 11.8. The summed E-state index contributed by atoms with van der Waals surface area (Å²) in [4.78, 5) is 23.6. The van der Waals surface area contributed by atoms with Crippen LogP contribution in [0.4, 0.5) is 0 Å². The van der Waals surface area contributed by atoms with Crippen LogP contribution in [-0.2, 0) is 9.47 Å². The van der Waals surface area contributed by atoms with Crippen molar-refractivity contribution in [3.8, 4) is 0 Å². The molecule has 2 rings (SSSR count). The molecule has 0 radical (unpaired) electrons. The lowest BCUT2D eigenvalue weighted by molar-refractivity contribution is 0.0555. The fourth-order valence-electron chi connectivity index (χ4n) is 1.92. The molecular weight excluding hydrogens is 252 g/mol. The zero-order valence-electron chi connectivity index (χ0n) is 10.3. The molecule has 0 unspecified atom stereocenters. The molecule has 2 aromatic rings. The zero-order valence-corrected chi connectivity index (χ0v) is 11.1. The van der Waals surface area contributed by atoms with Gasteiger partial charge in [0.1, 0.15) is 0 Å². The van der Waals surface area contributed by atoms with Crippen LogP contribution in [0.1, 0.15) is 26.3 Å². The molecule has 4 nitrogen and oxygen atoms in total. The number of carbonyl (C=O) groups is 2. The van der Waals surface area contributed by atoms with Gasteiger partial charge in [-0.3, -0.25) is 0 Å². The molecule has 0 bridgehead atoms. The molecule has 0 amide bonds.